The van der Waals surface area contributed by atoms with Gasteiger partial charge >= 0.3 is 0 Å². The van der Waals surface area contributed by atoms with Crippen molar-refractivity contribution in [1.29, 1.82) is 0 Å². The van der Waals surface area contributed by atoms with Crippen LogP contribution >= 0.6 is 0 Å². The van der Waals surface area contributed by atoms with Crippen molar-refractivity contribution in [2.24, 2.45) is 0 Å². The van der Waals surface area contributed by atoms with E-state index in [0.29, 0.717) is 22.5 Å². The Hall–Kier alpha value is -3.09. The molecule has 118 valence electrons. The number of fused-ring (bicyclic) bond motifs is 1. The first-order chi connectivity index (χ1) is 11.1. The van der Waals surface area contributed by atoms with E-state index in [-0.39, 0.29) is 18.0 Å². The van der Waals surface area contributed by atoms with Crippen LogP contribution in [0.3, 0.4) is 0 Å². The SMILES string of the molecule is COc1ccc(NC(=O)Cn2cnc3[nH]c(C)cc3c2=O)cc1. The number of methoxy groups -OCH3 is 1. The van der Waals surface area contributed by atoms with Crippen LogP contribution in [-0.2, 0) is 11.3 Å². The van der Waals surface area contributed by atoms with Gasteiger partial charge in [0, 0.05) is 11.4 Å². The summed E-state index contributed by atoms with van der Waals surface area (Å²) < 4.78 is 6.35. The van der Waals surface area contributed by atoms with Crippen LogP contribution in [0.2, 0.25) is 0 Å². The average Bonchev–Trinajstić information content (AvgIpc) is 2.92. The van der Waals surface area contributed by atoms with E-state index < -0.39 is 0 Å². The van der Waals surface area contributed by atoms with Gasteiger partial charge in [0.2, 0.25) is 5.91 Å². The molecule has 0 aliphatic heterocycles. The molecule has 0 saturated heterocycles. The second-order valence-electron chi connectivity index (χ2n) is 5.17. The van der Waals surface area contributed by atoms with E-state index in [2.05, 4.69) is 15.3 Å². The zero-order valence-corrected chi connectivity index (χ0v) is 12.8. The second-order valence-corrected chi connectivity index (χ2v) is 5.17. The number of H-pyrrole nitrogens is 1. The molecule has 0 radical (unpaired) electrons. The summed E-state index contributed by atoms with van der Waals surface area (Å²) in [7, 11) is 1.58. The first kappa shape index (κ1) is 14.8. The Labute approximate surface area is 131 Å². The van der Waals surface area contributed by atoms with Crippen LogP contribution in [0.5, 0.6) is 5.75 Å². The lowest BCUT2D eigenvalue weighted by molar-refractivity contribution is -0.116. The molecule has 0 saturated carbocycles. The van der Waals surface area contributed by atoms with Crippen LogP contribution in [0.1, 0.15) is 5.69 Å². The predicted molar refractivity (Wildman–Crippen MR) is 86.7 cm³/mol. The van der Waals surface area contributed by atoms with Crippen molar-refractivity contribution in [1.82, 2.24) is 14.5 Å². The molecule has 3 aromatic rings. The summed E-state index contributed by atoms with van der Waals surface area (Å²) in [6.07, 6.45) is 1.37. The summed E-state index contributed by atoms with van der Waals surface area (Å²) in [6.45, 7) is 1.75. The molecule has 23 heavy (non-hydrogen) atoms. The first-order valence-electron chi connectivity index (χ1n) is 7.05. The minimum absolute atomic E-state index is 0.0992. The van der Waals surface area contributed by atoms with E-state index in [9.17, 15) is 9.59 Å². The Morgan fingerprint density at radius 1 is 1.35 bits per heavy atom. The largest absolute Gasteiger partial charge is 0.497 e. The van der Waals surface area contributed by atoms with Crippen molar-refractivity contribution in [3.8, 4) is 5.75 Å². The number of nitrogens with one attached hydrogen (secondary N) is 2. The fourth-order valence-electron chi connectivity index (χ4n) is 2.32. The van der Waals surface area contributed by atoms with Gasteiger partial charge in [-0.2, -0.15) is 0 Å². The second kappa shape index (κ2) is 5.96. The number of amides is 1. The van der Waals surface area contributed by atoms with Crippen LogP contribution in [0.15, 0.2) is 41.5 Å². The first-order valence-corrected chi connectivity index (χ1v) is 7.05. The third kappa shape index (κ3) is 3.08. The Balaban J connectivity index is 1.77. The van der Waals surface area contributed by atoms with Crippen molar-refractivity contribution in [3.05, 3.63) is 52.7 Å². The molecule has 7 heteroatoms. The molecule has 7 nitrogen and oxygen atoms in total. The number of ether oxygens (including phenoxy) is 1. The highest BCUT2D eigenvalue weighted by Gasteiger charge is 2.10. The maximum absolute atomic E-state index is 12.3. The van der Waals surface area contributed by atoms with Gasteiger partial charge in [-0.1, -0.05) is 0 Å². The minimum Gasteiger partial charge on any atom is -0.497 e. The van der Waals surface area contributed by atoms with E-state index in [1.807, 2.05) is 6.92 Å². The standard InChI is InChI=1S/C16H16N4O3/c1-10-7-13-15(18-10)17-9-20(16(13)22)8-14(21)19-11-3-5-12(23-2)6-4-11/h3-7,9,18H,8H2,1-2H3,(H,19,21). The number of rotatable bonds is 4. The zero-order valence-electron chi connectivity index (χ0n) is 12.8. The Kier molecular flexibility index (Phi) is 3.84. The molecule has 2 aromatic heterocycles. The fourth-order valence-corrected chi connectivity index (χ4v) is 2.32. The van der Waals surface area contributed by atoms with E-state index in [1.165, 1.54) is 10.9 Å². The molecule has 0 aliphatic rings. The maximum Gasteiger partial charge on any atom is 0.263 e. The molecule has 1 aromatic carbocycles. The summed E-state index contributed by atoms with van der Waals surface area (Å²) in [6, 6.07) is 8.69. The highest BCUT2D eigenvalue weighted by molar-refractivity contribution is 5.90. The average molecular weight is 312 g/mol. The lowest BCUT2D eigenvalue weighted by Gasteiger charge is -2.08. The molecule has 0 atom stereocenters. The molecule has 0 unspecified atom stereocenters. The molecule has 2 heterocycles. The number of hydrogen-bond acceptors (Lipinski definition) is 4. The molecule has 0 bridgehead atoms. The van der Waals surface area contributed by atoms with Gasteiger partial charge in [-0.15, -0.1) is 0 Å². The van der Waals surface area contributed by atoms with E-state index in [0.717, 1.165) is 5.69 Å². The van der Waals surface area contributed by atoms with Crippen molar-refractivity contribution in [2.45, 2.75) is 13.5 Å². The number of aromatic amines is 1. The summed E-state index contributed by atoms with van der Waals surface area (Å²) in [5.74, 6) is 0.405. The van der Waals surface area contributed by atoms with Crippen LogP contribution in [-0.4, -0.2) is 27.6 Å². The lowest BCUT2D eigenvalue weighted by atomic mass is 10.3. The zero-order chi connectivity index (χ0) is 16.4. The summed E-state index contributed by atoms with van der Waals surface area (Å²) in [5, 5.41) is 3.21. The lowest BCUT2D eigenvalue weighted by Crippen LogP contribution is -2.27. The molecule has 3 rings (SSSR count). The summed E-state index contributed by atoms with van der Waals surface area (Å²) >= 11 is 0. The smallest absolute Gasteiger partial charge is 0.263 e. The number of aryl methyl sites for hydroxylation is 1. The quantitative estimate of drug-likeness (QED) is 0.767. The van der Waals surface area contributed by atoms with E-state index >= 15 is 0 Å². The number of anilines is 1. The highest BCUT2D eigenvalue weighted by atomic mass is 16.5. The van der Waals surface area contributed by atoms with Crippen molar-refractivity contribution >= 4 is 22.6 Å². The Bertz CT molecular complexity index is 909. The van der Waals surface area contributed by atoms with Gasteiger partial charge in [0.05, 0.1) is 12.5 Å². The third-order valence-electron chi connectivity index (χ3n) is 3.44. The Morgan fingerprint density at radius 2 is 2.09 bits per heavy atom. The van der Waals surface area contributed by atoms with Gasteiger partial charge in [0.15, 0.2) is 0 Å². The normalized spacial score (nSPS) is 10.7. The molecule has 0 fully saturated rings. The number of nitrogens with zero attached hydrogens (tertiary/aromatic N) is 2. The highest BCUT2D eigenvalue weighted by Crippen LogP contribution is 2.15. The monoisotopic (exact) mass is 312 g/mol. The number of benzene rings is 1. The van der Waals surface area contributed by atoms with Gasteiger partial charge in [-0.25, -0.2) is 4.98 Å². The summed E-state index contributed by atoms with van der Waals surface area (Å²) in [5.41, 5.74) is 1.77. The molecule has 0 spiro atoms. The van der Waals surface area contributed by atoms with Crippen molar-refractivity contribution in [3.63, 3.8) is 0 Å². The van der Waals surface area contributed by atoms with Crippen LogP contribution in [0.4, 0.5) is 5.69 Å². The molecular formula is C16H16N4O3. The van der Waals surface area contributed by atoms with E-state index in [1.54, 1.807) is 37.4 Å². The van der Waals surface area contributed by atoms with Gasteiger partial charge < -0.3 is 15.0 Å². The van der Waals surface area contributed by atoms with Gasteiger partial charge in [0.1, 0.15) is 24.3 Å². The number of carbonyl (C=O) groups is 1. The fraction of sp³-hybridized carbons (Fsp3) is 0.188. The number of aromatic nitrogens is 3. The van der Waals surface area contributed by atoms with Gasteiger partial charge in [0.25, 0.3) is 5.56 Å². The minimum atomic E-state index is -0.300. The van der Waals surface area contributed by atoms with Crippen molar-refractivity contribution < 1.29 is 9.53 Å². The van der Waals surface area contributed by atoms with Gasteiger partial charge in [-0.3, -0.25) is 14.2 Å². The van der Waals surface area contributed by atoms with Crippen LogP contribution in [0.25, 0.3) is 11.0 Å². The third-order valence-corrected chi connectivity index (χ3v) is 3.44. The van der Waals surface area contributed by atoms with Crippen molar-refractivity contribution in [2.75, 3.05) is 12.4 Å². The number of carbonyl (C=O) groups excluding carboxylic acids is 1. The molecular weight excluding hydrogens is 296 g/mol. The van der Waals surface area contributed by atoms with Gasteiger partial charge in [-0.05, 0) is 37.3 Å². The maximum atomic E-state index is 12.3. The topological polar surface area (TPSA) is 89.0 Å². The van der Waals surface area contributed by atoms with Crippen LogP contribution < -0.4 is 15.6 Å². The molecule has 1 amide bonds. The van der Waals surface area contributed by atoms with Crippen LogP contribution in [0, 0.1) is 6.92 Å². The Morgan fingerprint density at radius 3 is 2.78 bits per heavy atom. The molecule has 0 aliphatic carbocycles. The van der Waals surface area contributed by atoms with E-state index in [4.69, 9.17) is 4.74 Å². The molecule has 2 N–H and O–H groups in total. The number of hydrogen-bond donors (Lipinski definition) is 2. The predicted octanol–water partition coefficient (Wildman–Crippen LogP) is 1.68. The summed E-state index contributed by atoms with van der Waals surface area (Å²) in [4.78, 5) is 31.6.